The third-order valence-electron chi connectivity index (χ3n) is 3.42. The Morgan fingerprint density at radius 3 is 2.53 bits per heavy atom. The van der Waals surface area contributed by atoms with Gasteiger partial charge in [-0.3, -0.25) is 0 Å². The molecule has 0 saturated heterocycles. The summed E-state index contributed by atoms with van der Waals surface area (Å²) in [6.07, 6.45) is 1.66. The quantitative estimate of drug-likeness (QED) is 0.826. The topological polar surface area (TPSA) is 57.9 Å². The van der Waals surface area contributed by atoms with Gasteiger partial charge in [0.25, 0.3) is 0 Å². The first-order chi connectivity index (χ1) is 7.95. The van der Waals surface area contributed by atoms with E-state index >= 15 is 0 Å². The average Bonchev–Trinajstić information content (AvgIpc) is 3.10. The van der Waals surface area contributed by atoms with Crippen molar-refractivity contribution in [1.82, 2.24) is 0 Å². The van der Waals surface area contributed by atoms with Gasteiger partial charge in [-0.1, -0.05) is 19.1 Å². The first-order valence-corrected chi connectivity index (χ1v) is 7.35. The van der Waals surface area contributed by atoms with Crippen LogP contribution in [-0.2, 0) is 15.3 Å². The Morgan fingerprint density at radius 2 is 2.06 bits per heavy atom. The van der Waals surface area contributed by atoms with E-state index in [2.05, 4.69) is 6.07 Å². The van der Waals surface area contributed by atoms with Gasteiger partial charge in [0.05, 0.1) is 22.1 Å². The molecule has 2 rings (SSSR count). The van der Waals surface area contributed by atoms with Crippen LogP contribution in [0.5, 0.6) is 0 Å². The Bertz CT molecular complexity index is 592. The zero-order chi connectivity index (χ0) is 12.7. The predicted molar refractivity (Wildman–Crippen MR) is 65.4 cm³/mol. The first-order valence-electron chi connectivity index (χ1n) is 5.70. The molecule has 1 aliphatic carbocycles. The van der Waals surface area contributed by atoms with Crippen molar-refractivity contribution in [2.75, 3.05) is 5.75 Å². The van der Waals surface area contributed by atoms with Crippen molar-refractivity contribution in [3.8, 4) is 6.07 Å². The maximum Gasteiger partial charge on any atom is 0.178 e. The van der Waals surface area contributed by atoms with Gasteiger partial charge in [0, 0.05) is 0 Å². The number of aryl methyl sites for hydroxylation is 1. The summed E-state index contributed by atoms with van der Waals surface area (Å²) in [5, 5.41) is 9.13. The van der Waals surface area contributed by atoms with Gasteiger partial charge in [0.2, 0.25) is 0 Å². The van der Waals surface area contributed by atoms with Crippen LogP contribution in [0.3, 0.4) is 0 Å². The molecule has 0 aliphatic heterocycles. The molecule has 3 nitrogen and oxygen atoms in total. The van der Waals surface area contributed by atoms with Crippen LogP contribution >= 0.6 is 0 Å². The van der Waals surface area contributed by atoms with Crippen LogP contribution in [0.1, 0.15) is 30.9 Å². The van der Waals surface area contributed by atoms with Crippen LogP contribution in [0, 0.1) is 18.3 Å². The van der Waals surface area contributed by atoms with Crippen molar-refractivity contribution >= 4 is 9.84 Å². The first kappa shape index (κ1) is 12.1. The third kappa shape index (κ3) is 1.96. The lowest BCUT2D eigenvalue weighted by Gasteiger charge is -2.11. The molecule has 0 unspecified atom stereocenters. The minimum absolute atomic E-state index is 0.0941. The summed E-state index contributed by atoms with van der Waals surface area (Å²) in [6.45, 7) is 3.43. The number of hydrogen-bond donors (Lipinski definition) is 0. The number of sulfone groups is 1. The minimum Gasteiger partial charge on any atom is -0.224 e. The predicted octanol–water partition coefficient (Wildman–Crippen LogP) is 2.34. The fourth-order valence-electron chi connectivity index (χ4n) is 1.98. The van der Waals surface area contributed by atoms with Crippen molar-refractivity contribution in [1.29, 1.82) is 5.26 Å². The third-order valence-corrected chi connectivity index (χ3v) is 5.29. The Kier molecular flexibility index (Phi) is 2.75. The highest BCUT2D eigenvalue weighted by Crippen LogP contribution is 2.48. The van der Waals surface area contributed by atoms with Gasteiger partial charge in [-0.05, 0) is 37.0 Å². The number of benzene rings is 1. The maximum absolute atomic E-state index is 11.9. The molecule has 0 atom stereocenters. The smallest absolute Gasteiger partial charge is 0.178 e. The number of nitrogens with zero attached hydrogens (tertiary/aromatic N) is 1. The van der Waals surface area contributed by atoms with Crippen molar-refractivity contribution in [2.24, 2.45) is 0 Å². The zero-order valence-electron chi connectivity index (χ0n) is 10.0. The summed E-state index contributed by atoms with van der Waals surface area (Å²) in [6, 6.07) is 7.65. The van der Waals surface area contributed by atoms with Crippen LogP contribution in [0.25, 0.3) is 0 Å². The largest absolute Gasteiger partial charge is 0.224 e. The van der Waals surface area contributed by atoms with E-state index in [4.69, 9.17) is 5.26 Å². The maximum atomic E-state index is 11.9. The Morgan fingerprint density at radius 1 is 1.41 bits per heavy atom. The summed E-state index contributed by atoms with van der Waals surface area (Å²) in [7, 11) is -3.20. The number of nitriles is 1. The highest BCUT2D eigenvalue weighted by Gasteiger charge is 2.45. The molecule has 1 aromatic rings. The zero-order valence-corrected chi connectivity index (χ0v) is 10.8. The lowest BCUT2D eigenvalue weighted by Crippen LogP contribution is -2.09. The molecule has 1 aliphatic rings. The number of rotatable bonds is 3. The van der Waals surface area contributed by atoms with Gasteiger partial charge in [-0.15, -0.1) is 0 Å². The van der Waals surface area contributed by atoms with Gasteiger partial charge in [0.1, 0.15) is 0 Å². The molecule has 0 amide bonds. The van der Waals surface area contributed by atoms with E-state index in [1.54, 1.807) is 26.0 Å². The highest BCUT2D eigenvalue weighted by atomic mass is 32.2. The van der Waals surface area contributed by atoms with E-state index in [9.17, 15) is 8.42 Å². The van der Waals surface area contributed by atoms with E-state index < -0.39 is 15.3 Å². The van der Waals surface area contributed by atoms with Crippen LogP contribution in [0.2, 0.25) is 0 Å². The van der Waals surface area contributed by atoms with Gasteiger partial charge in [0.15, 0.2) is 9.84 Å². The number of hydrogen-bond acceptors (Lipinski definition) is 3. The highest BCUT2D eigenvalue weighted by molar-refractivity contribution is 7.91. The lowest BCUT2D eigenvalue weighted by molar-refractivity contribution is 0.596. The average molecular weight is 249 g/mol. The van der Waals surface area contributed by atoms with Crippen LogP contribution in [0.15, 0.2) is 23.1 Å². The van der Waals surface area contributed by atoms with Crippen molar-refractivity contribution in [2.45, 2.75) is 37.0 Å². The molecule has 0 N–H and O–H groups in total. The van der Waals surface area contributed by atoms with Gasteiger partial charge >= 0.3 is 0 Å². The van der Waals surface area contributed by atoms with Gasteiger partial charge < -0.3 is 0 Å². The summed E-state index contributed by atoms with van der Waals surface area (Å²) >= 11 is 0. The fraction of sp³-hybridized carbons (Fsp3) is 0.462. The molecule has 90 valence electrons. The second kappa shape index (κ2) is 3.85. The second-order valence-corrected chi connectivity index (χ2v) is 6.82. The van der Waals surface area contributed by atoms with Crippen molar-refractivity contribution in [3.05, 3.63) is 29.3 Å². The van der Waals surface area contributed by atoms with Crippen molar-refractivity contribution < 1.29 is 8.42 Å². The SMILES string of the molecule is CCS(=O)(=O)c1cc(C2(C#N)CC2)ccc1C. The molecule has 17 heavy (non-hydrogen) atoms. The molecule has 0 heterocycles. The van der Waals surface area contributed by atoms with Crippen molar-refractivity contribution in [3.63, 3.8) is 0 Å². The van der Waals surface area contributed by atoms with E-state index in [1.165, 1.54) is 0 Å². The molecule has 1 aromatic carbocycles. The molecular formula is C13H15NO2S. The van der Waals surface area contributed by atoms with Gasteiger partial charge in [-0.25, -0.2) is 8.42 Å². The van der Waals surface area contributed by atoms with Crippen LogP contribution < -0.4 is 0 Å². The Balaban J connectivity index is 2.56. The standard InChI is InChI=1S/C13H15NO2S/c1-3-17(15,16)12-8-11(5-4-10(12)2)13(9-14)6-7-13/h4-5,8H,3,6-7H2,1-2H3. The molecule has 4 heteroatoms. The van der Waals surface area contributed by atoms with E-state index in [-0.39, 0.29) is 5.75 Å². The second-order valence-electron chi connectivity index (χ2n) is 4.58. The summed E-state index contributed by atoms with van der Waals surface area (Å²) < 4.78 is 23.9. The normalized spacial score (nSPS) is 17.5. The monoisotopic (exact) mass is 249 g/mol. The van der Waals surface area contributed by atoms with Gasteiger partial charge in [-0.2, -0.15) is 5.26 Å². The molecule has 0 bridgehead atoms. The van der Waals surface area contributed by atoms with E-state index in [0.717, 1.165) is 24.0 Å². The van der Waals surface area contributed by atoms with Crippen LogP contribution in [-0.4, -0.2) is 14.2 Å². The summed E-state index contributed by atoms with van der Waals surface area (Å²) in [4.78, 5) is 0.374. The summed E-state index contributed by atoms with van der Waals surface area (Å²) in [5.74, 6) is 0.0941. The molecule has 0 radical (unpaired) electrons. The minimum atomic E-state index is -3.20. The summed E-state index contributed by atoms with van der Waals surface area (Å²) in [5.41, 5.74) is 1.17. The molecular weight excluding hydrogens is 234 g/mol. The molecule has 1 fully saturated rings. The molecule has 0 aromatic heterocycles. The Labute approximate surface area is 102 Å². The van der Waals surface area contributed by atoms with Crippen LogP contribution in [0.4, 0.5) is 0 Å². The molecule has 0 spiro atoms. The Hall–Kier alpha value is -1.34. The lowest BCUT2D eigenvalue weighted by atomic mass is 9.97. The van der Waals surface area contributed by atoms with E-state index in [1.807, 2.05) is 6.07 Å². The fourth-order valence-corrected chi connectivity index (χ4v) is 3.15. The van der Waals surface area contributed by atoms with E-state index in [0.29, 0.717) is 4.90 Å². The molecule has 1 saturated carbocycles.